The predicted molar refractivity (Wildman–Crippen MR) is 65.6 cm³/mol. The standard InChI is InChI=1S/C12H21N3O2/c1-5-13-11(7-12(16)17-6-2)10-8-15(4)14-9(10)3/h8,11,13H,5-7H2,1-4H3. The van der Waals surface area contributed by atoms with Crippen molar-refractivity contribution in [3.8, 4) is 0 Å². The number of nitrogens with zero attached hydrogens (tertiary/aromatic N) is 2. The van der Waals surface area contributed by atoms with Gasteiger partial charge in [0.25, 0.3) is 0 Å². The van der Waals surface area contributed by atoms with Crippen LogP contribution in [-0.4, -0.2) is 28.9 Å². The molecular formula is C12H21N3O2. The molecule has 0 fully saturated rings. The van der Waals surface area contributed by atoms with Crippen LogP contribution in [0.15, 0.2) is 6.20 Å². The van der Waals surface area contributed by atoms with Gasteiger partial charge >= 0.3 is 5.97 Å². The van der Waals surface area contributed by atoms with E-state index in [0.717, 1.165) is 17.8 Å². The molecule has 0 aliphatic carbocycles. The zero-order valence-electron chi connectivity index (χ0n) is 11.0. The van der Waals surface area contributed by atoms with Crippen molar-refractivity contribution in [1.82, 2.24) is 15.1 Å². The van der Waals surface area contributed by atoms with E-state index in [1.54, 1.807) is 4.68 Å². The molecule has 0 saturated carbocycles. The number of ether oxygens (including phenoxy) is 1. The largest absolute Gasteiger partial charge is 0.466 e. The van der Waals surface area contributed by atoms with E-state index in [1.807, 2.05) is 34.0 Å². The average molecular weight is 239 g/mol. The summed E-state index contributed by atoms with van der Waals surface area (Å²) in [5.74, 6) is -0.179. The van der Waals surface area contributed by atoms with Gasteiger partial charge in [0.1, 0.15) is 0 Å². The van der Waals surface area contributed by atoms with E-state index in [4.69, 9.17) is 4.74 Å². The van der Waals surface area contributed by atoms with E-state index in [-0.39, 0.29) is 12.0 Å². The van der Waals surface area contributed by atoms with Crippen LogP contribution in [0.1, 0.15) is 37.6 Å². The Bertz CT molecular complexity index is 374. The summed E-state index contributed by atoms with van der Waals surface area (Å²) in [5.41, 5.74) is 2.00. The molecule has 17 heavy (non-hydrogen) atoms. The van der Waals surface area contributed by atoms with E-state index < -0.39 is 0 Å². The van der Waals surface area contributed by atoms with Gasteiger partial charge in [0, 0.05) is 24.8 Å². The van der Waals surface area contributed by atoms with Crippen LogP contribution >= 0.6 is 0 Å². The van der Waals surface area contributed by atoms with E-state index in [1.165, 1.54) is 0 Å². The molecule has 1 aromatic heterocycles. The molecule has 0 radical (unpaired) electrons. The van der Waals surface area contributed by atoms with Crippen molar-refractivity contribution in [3.63, 3.8) is 0 Å². The molecule has 1 N–H and O–H groups in total. The molecule has 1 heterocycles. The van der Waals surface area contributed by atoms with Gasteiger partial charge in [-0.15, -0.1) is 0 Å². The Balaban J connectivity index is 2.78. The number of aromatic nitrogens is 2. The number of rotatable bonds is 6. The second-order valence-electron chi connectivity index (χ2n) is 3.96. The van der Waals surface area contributed by atoms with Gasteiger partial charge in [-0.25, -0.2) is 0 Å². The zero-order chi connectivity index (χ0) is 12.8. The molecule has 1 rings (SSSR count). The van der Waals surface area contributed by atoms with Crippen LogP contribution in [0.2, 0.25) is 0 Å². The molecule has 1 unspecified atom stereocenters. The number of carbonyl (C=O) groups is 1. The second kappa shape index (κ2) is 6.39. The minimum Gasteiger partial charge on any atom is -0.466 e. The number of hydrogen-bond acceptors (Lipinski definition) is 4. The van der Waals surface area contributed by atoms with Crippen LogP contribution < -0.4 is 5.32 Å². The van der Waals surface area contributed by atoms with Crippen molar-refractivity contribution >= 4 is 5.97 Å². The Kier molecular flexibility index (Phi) is 5.15. The van der Waals surface area contributed by atoms with Crippen molar-refractivity contribution in [2.45, 2.75) is 33.2 Å². The molecule has 0 spiro atoms. The lowest BCUT2D eigenvalue weighted by Crippen LogP contribution is -2.24. The van der Waals surface area contributed by atoms with Gasteiger partial charge in [0.2, 0.25) is 0 Å². The average Bonchev–Trinajstić information content (AvgIpc) is 2.57. The van der Waals surface area contributed by atoms with Crippen molar-refractivity contribution in [1.29, 1.82) is 0 Å². The Morgan fingerprint density at radius 3 is 2.76 bits per heavy atom. The summed E-state index contributed by atoms with van der Waals surface area (Å²) in [5, 5.41) is 7.58. The Morgan fingerprint density at radius 1 is 1.59 bits per heavy atom. The summed E-state index contributed by atoms with van der Waals surface area (Å²) in [7, 11) is 1.88. The maximum Gasteiger partial charge on any atom is 0.307 e. The lowest BCUT2D eigenvalue weighted by atomic mass is 10.1. The van der Waals surface area contributed by atoms with Gasteiger partial charge in [0.15, 0.2) is 0 Å². The molecule has 0 bridgehead atoms. The van der Waals surface area contributed by atoms with E-state index in [2.05, 4.69) is 10.4 Å². The minimum absolute atomic E-state index is 0.0206. The first-order valence-electron chi connectivity index (χ1n) is 5.97. The monoisotopic (exact) mass is 239 g/mol. The van der Waals surface area contributed by atoms with Gasteiger partial charge in [-0.3, -0.25) is 9.48 Å². The fourth-order valence-corrected chi connectivity index (χ4v) is 1.89. The number of esters is 1. The predicted octanol–water partition coefficient (Wildman–Crippen LogP) is 1.33. The van der Waals surface area contributed by atoms with Crippen LogP contribution in [0, 0.1) is 6.92 Å². The van der Waals surface area contributed by atoms with E-state index >= 15 is 0 Å². The second-order valence-corrected chi connectivity index (χ2v) is 3.96. The quantitative estimate of drug-likeness (QED) is 0.761. The van der Waals surface area contributed by atoms with E-state index in [9.17, 15) is 4.79 Å². The Labute approximate surface area is 102 Å². The summed E-state index contributed by atoms with van der Waals surface area (Å²) in [6.45, 7) is 7.01. The van der Waals surface area contributed by atoms with Crippen LogP contribution in [0.5, 0.6) is 0 Å². The van der Waals surface area contributed by atoms with Crippen molar-refractivity contribution in [2.75, 3.05) is 13.2 Å². The highest BCUT2D eigenvalue weighted by molar-refractivity contribution is 5.70. The fourth-order valence-electron chi connectivity index (χ4n) is 1.89. The van der Waals surface area contributed by atoms with Crippen molar-refractivity contribution in [3.05, 3.63) is 17.5 Å². The Hall–Kier alpha value is -1.36. The maximum atomic E-state index is 11.5. The van der Waals surface area contributed by atoms with Crippen LogP contribution in [0.3, 0.4) is 0 Å². The molecule has 5 nitrogen and oxygen atoms in total. The molecule has 0 aromatic carbocycles. The van der Waals surface area contributed by atoms with Gasteiger partial charge in [0.05, 0.1) is 18.7 Å². The number of nitrogens with one attached hydrogen (secondary N) is 1. The minimum atomic E-state index is -0.179. The summed E-state index contributed by atoms with van der Waals surface area (Å²) >= 11 is 0. The van der Waals surface area contributed by atoms with Crippen LogP contribution in [0.25, 0.3) is 0 Å². The highest BCUT2D eigenvalue weighted by atomic mass is 16.5. The normalized spacial score (nSPS) is 12.5. The maximum absolute atomic E-state index is 11.5. The van der Waals surface area contributed by atoms with E-state index in [0.29, 0.717) is 13.0 Å². The molecule has 96 valence electrons. The number of carbonyl (C=O) groups excluding carboxylic acids is 1. The highest BCUT2D eigenvalue weighted by Gasteiger charge is 2.19. The number of aryl methyl sites for hydroxylation is 2. The third-order valence-corrected chi connectivity index (χ3v) is 2.55. The first kappa shape index (κ1) is 13.7. The van der Waals surface area contributed by atoms with Crippen LogP contribution in [0.4, 0.5) is 0 Å². The Morgan fingerprint density at radius 2 is 2.29 bits per heavy atom. The highest BCUT2D eigenvalue weighted by Crippen LogP contribution is 2.20. The van der Waals surface area contributed by atoms with Crippen molar-refractivity contribution in [2.24, 2.45) is 7.05 Å². The zero-order valence-corrected chi connectivity index (χ0v) is 11.0. The summed E-state index contributed by atoms with van der Waals surface area (Å²) in [4.78, 5) is 11.5. The first-order valence-corrected chi connectivity index (χ1v) is 5.97. The van der Waals surface area contributed by atoms with Crippen molar-refractivity contribution < 1.29 is 9.53 Å². The van der Waals surface area contributed by atoms with Gasteiger partial charge in [-0.2, -0.15) is 5.10 Å². The topological polar surface area (TPSA) is 56.1 Å². The SMILES string of the molecule is CCNC(CC(=O)OCC)c1cn(C)nc1C. The summed E-state index contributed by atoms with van der Waals surface area (Å²) < 4.78 is 6.74. The molecule has 0 saturated heterocycles. The fraction of sp³-hybridized carbons (Fsp3) is 0.667. The summed E-state index contributed by atoms with van der Waals surface area (Å²) in [6.07, 6.45) is 2.29. The molecule has 0 aliphatic heterocycles. The lowest BCUT2D eigenvalue weighted by Gasteiger charge is -2.16. The smallest absolute Gasteiger partial charge is 0.307 e. The molecule has 1 atom stereocenters. The molecular weight excluding hydrogens is 218 g/mol. The lowest BCUT2D eigenvalue weighted by molar-refractivity contribution is -0.143. The summed E-state index contributed by atoms with van der Waals surface area (Å²) in [6, 6.07) is -0.0206. The first-order chi connectivity index (χ1) is 8.08. The number of hydrogen-bond donors (Lipinski definition) is 1. The third kappa shape index (κ3) is 3.85. The van der Waals surface area contributed by atoms with Gasteiger partial charge < -0.3 is 10.1 Å². The van der Waals surface area contributed by atoms with Crippen LogP contribution in [-0.2, 0) is 16.6 Å². The molecule has 5 heteroatoms. The van der Waals surface area contributed by atoms with Gasteiger partial charge in [-0.1, -0.05) is 6.92 Å². The molecule has 0 amide bonds. The molecule has 1 aromatic rings. The molecule has 0 aliphatic rings. The van der Waals surface area contributed by atoms with Gasteiger partial charge in [-0.05, 0) is 20.4 Å². The third-order valence-electron chi connectivity index (χ3n) is 2.55.